The summed E-state index contributed by atoms with van der Waals surface area (Å²) in [5.74, 6) is 0.735. The van der Waals surface area contributed by atoms with Crippen LogP contribution in [0.15, 0.2) is 30.5 Å². The van der Waals surface area contributed by atoms with Gasteiger partial charge >= 0.3 is 6.09 Å². The summed E-state index contributed by atoms with van der Waals surface area (Å²) in [6.07, 6.45) is 0.810. The van der Waals surface area contributed by atoms with Crippen LogP contribution in [0.4, 0.5) is 4.79 Å². The van der Waals surface area contributed by atoms with Gasteiger partial charge in [0, 0.05) is 0 Å². The van der Waals surface area contributed by atoms with Crippen molar-refractivity contribution in [2.45, 2.75) is 19.0 Å². The Bertz CT molecular complexity index is 612. The Labute approximate surface area is 127 Å². The number of ether oxygens (including phenoxy) is 1. The molecule has 0 saturated carbocycles. The molecule has 1 aromatic carbocycles. The first kappa shape index (κ1) is 15.8. The van der Waals surface area contributed by atoms with Gasteiger partial charge in [0.25, 0.3) is 0 Å². The minimum atomic E-state index is -1.13. The van der Waals surface area contributed by atoms with Crippen molar-refractivity contribution in [2.75, 3.05) is 13.7 Å². The van der Waals surface area contributed by atoms with Gasteiger partial charge in [-0.3, -0.25) is 0 Å². The maximum atomic E-state index is 11.0. The SMILES string of the molecule is COc1ccc(C[C@H](NC(=O)O)c2cnnn2CCO)cc1. The lowest BCUT2D eigenvalue weighted by molar-refractivity contribution is 0.189. The summed E-state index contributed by atoms with van der Waals surface area (Å²) in [4.78, 5) is 11.0. The highest BCUT2D eigenvalue weighted by molar-refractivity contribution is 5.65. The highest BCUT2D eigenvalue weighted by atomic mass is 16.5. The fraction of sp³-hybridized carbons (Fsp3) is 0.357. The van der Waals surface area contributed by atoms with E-state index in [0.29, 0.717) is 12.1 Å². The van der Waals surface area contributed by atoms with E-state index in [1.165, 1.54) is 10.9 Å². The smallest absolute Gasteiger partial charge is 0.405 e. The molecule has 1 aromatic heterocycles. The molecule has 0 bridgehead atoms. The summed E-state index contributed by atoms with van der Waals surface area (Å²) in [6, 6.07) is 6.87. The minimum Gasteiger partial charge on any atom is -0.497 e. The van der Waals surface area contributed by atoms with Crippen LogP contribution in [0.5, 0.6) is 5.75 Å². The lowest BCUT2D eigenvalue weighted by Crippen LogP contribution is -2.30. The molecule has 8 nitrogen and oxygen atoms in total. The van der Waals surface area contributed by atoms with Crippen LogP contribution >= 0.6 is 0 Å². The van der Waals surface area contributed by atoms with E-state index in [1.54, 1.807) is 7.11 Å². The van der Waals surface area contributed by atoms with Crippen molar-refractivity contribution in [3.05, 3.63) is 41.7 Å². The van der Waals surface area contributed by atoms with Gasteiger partial charge in [-0.25, -0.2) is 9.48 Å². The molecule has 3 N–H and O–H groups in total. The van der Waals surface area contributed by atoms with Crippen LogP contribution in [0, 0.1) is 0 Å². The maximum absolute atomic E-state index is 11.0. The first-order valence-electron chi connectivity index (χ1n) is 6.75. The highest BCUT2D eigenvalue weighted by Crippen LogP contribution is 2.20. The number of rotatable bonds is 7. The number of aliphatic hydroxyl groups excluding tert-OH is 1. The van der Waals surface area contributed by atoms with Crippen molar-refractivity contribution in [2.24, 2.45) is 0 Å². The molecule has 0 fully saturated rings. The Morgan fingerprint density at radius 1 is 1.41 bits per heavy atom. The normalized spacial score (nSPS) is 11.9. The molecule has 0 aliphatic heterocycles. The van der Waals surface area contributed by atoms with Gasteiger partial charge in [0.1, 0.15) is 5.75 Å². The Hall–Kier alpha value is -2.61. The Kier molecular flexibility index (Phi) is 5.31. The third-order valence-electron chi connectivity index (χ3n) is 3.21. The van der Waals surface area contributed by atoms with E-state index in [9.17, 15) is 4.79 Å². The van der Waals surface area contributed by atoms with Crippen LogP contribution in [0.25, 0.3) is 0 Å². The number of benzene rings is 1. The minimum absolute atomic E-state index is 0.0985. The number of hydrogen-bond acceptors (Lipinski definition) is 5. The monoisotopic (exact) mass is 306 g/mol. The molecule has 2 aromatic rings. The second-order valence-electron chi connectivity index (χ2n) is 4.66. The number of nitrogens with one attached hydrogen (secondary N) is 1. The van der Waals surface area contributed by atoms with Gasteiger partial charge in [0.05, 0.1) is 38.2 Å². The Morgan fingerprint density at radius 2 is 2.14 bits per heavy atom. The van der Waals surface area contributed by atoms with Crippen molar-refractivity contribution in [1.82, 2.24) is 20.3 Å². The molecule has 0 radical (unpaired) electrons. The van der Waals surface area contributed by atoms with Gasteiger partial charge < -0.3 is 20.3 Å². The third kappa shape index (κ3) is 3.95. The molecule has 1 amide bonds. The van der Waals surface area contributed by atoms with Crippen molar-refractivity contribution < 1.29 is 19.7 Å². The van der Waals surface area contributed by atoms with Crippen LogP contribution in [0.2, 0.25) is 0 Å². The number of hydrogen-bond donors (Lipinski definition) is 3. The third-order valence-corrected chi connectivity index (χ3v) is 3.21. The van der Waals surface area contributed by atoms with E-state index >= 15 is 0 Å². The van der Waals surface area contributed by atoms with Gasteiger partial charge in [0.2, 0.25) is 0 Å². The van der Waals surface area contributed by atoms with Crippen molar-refractivity contribution >= 4 is 6.09 Å². The summed E-state index contributed by atoms with van der Waals surface area (Å²) in [5.41, 5.74) is 1.54. The number of amides is 1. The zero-order valence-electron chi connectivity index (χ0n) is 12.1. The molecule has 22 heavy (non-hydrogen) atoms. The molecule has 118 valence electrons. The van der Waals surface area contributed by atoms with E-state index < -0.39 is 12.1 Å². The fourth-order valence-electron chi connectivity index (χ4n) is 2.18. The zero-order chi connectivity index (χ0) is 15.9. The van der Waals surface area contributed by atoms with Crippen LogP contribution < -0.4 is 10.1 Å². The number of carboxylic acid groups (broad SMARTS) is 1. The van der Waals surface area contributed by atoms with Crippen LogP contribution in [-0.2, 0) is 13.0 Å². The van der Waals surface area contributed by atoms with E-state index in [2.05, 4.69) is 15.6 Å². The summed E-state index contributed by atoms with van der Waals surface area (Å²) in [5, 5.41) is 28.2. The molecule has 0 spiro atoms. The number of methoxy groups -OCH3 is 1. The highest BCUT2D eigenvalue weighted by Gasteiger charge is 2.19. The lowest BCUT2D eigenvalue weighted by atomic mass is 10.0. The number of aromatic nitrogens is 3. The van der Waals surface area contributed by atoms with Gasteiger partial charge in [-0.15, -0.1) is 5.10 Å². The second-order valence-corrected chi connectivity index (χ2v) is 4.66. The average molecular weight is 306 g/mol. The second kappa shape index (κ2) is 7.41. The van der Waals surface area contributed by atoms with Crippen molar-refractivity contribution in [3.8, 4) is 5.75 Å². The molecule has 1 atom stereocenters. The topological polar surface area (TPSA) is 110 Å². The molecule has 1 heterocycles. The van der Waals surface area contributed by atoms with E-state index in [-0.39, 0.29) is 13.2 Å². The average Bonchev–Trinajstić information content (AvgIpc) is 2.95. The molecular weight excluding hydrogens is 288 g/mol. The quantitative estimate of drug-likeness (QED) is 0.699. The van der Waals surface area contributed by atoms with Crippen LogP contribution in [0.1, 0.15) is 17.3 Å². The molecule has 0 aliphatic carbocycles. The van der Waals surface area contributed by atoms with Gasteiger partial charge in [0.15, 0.2) is 0 Å². The predicted octanol–water partition coefficient (Wildman–Crippen LogP) is 0.830. The lowest BCUT2D eigenvalue weighted by Gasteiger charge is -2.18. The van der Waals surface area contributed by atoms with Gasteiger partial charge in [-0.05, 0) is 24.1 Å². The predicted molar refractivity (Wildman–Crippen MR) is 77.7 cm³/mol. The van der Waals surface area contributed by atoms with Crippen LogP contribution in [0.3, 0.4) is 0 Å². The number of carbonyl (C=O) groups is 1. The van der Waals surface area contributed by atoms with Crippen molar-refractivity contribution in [1.29, 1.82) is 0 Å². The maximum Gasteiger partial charge on any atom is 0.405 e. The Balaban J connectivity index is 2.21. The molecular formula is C14H18N4O4. The largest absolute Gasteiger partial charge is 0.497 e. The van der Waals surface area contributed by atoms with Crippen LogP contribution in [-0.4, -0.2) is 45.0 Å². The first-order chi connectivity index (χ1) is 10.6. The molecule has 8 heteroatoms. The summed E-state index contributed by atoms with van der Waals surface area (Å²) < 4.78 is 6.59. The van der Waals surface area contributed by atoms with Crippen molar-refractivity contribution in [3.63, 3.8) is 0 Å². The summed E-state index contributed by atoms with van der Waals surface area (Å²) >= 11 is 0. The fourth-order valence-corrected chi connectivity index (χ4v) is 2.18. The Morgan fingerprint density at radius 3 is 2.73 bits per heavy atom. The number of aliphatic hydroxyl groups is 1. The van der Waals surface area contributed by atoms with E-state index in [0.717, 1.165) is 11.3 Å². The molecule has 0 unspecified atom stereocenters. The van der Waals surface area contributed by atoms with Gasteiger partial charge in [-0.1, -0.05) is 17.3 Å². The molecule has 0 aliphatic rings. The zero-order valence-corrected chi connectivity index (χ0v) is 12.1. The first-order valence-corrected chi connectivity index (χ1v) is 6.75. The van der Waals surface area contributed by atoms with Gasteiger partial charge in [-0.2, -0.15) is 0 Å². The molecule has 0 saturated heterocycles. The summed E-state index contributed by atoms with van der Waals surface area (Å²) in [7, 11) is 1.59. The van der Waals surface area contributed by atoms with E-state index in [4.69, 9.17) is 14.9 Å². The van der Waals surface area contributed by atoms with E-state index in [1.807, 2.05) is 24.3 Å². The number of nitrogens with zero attached hydrogens (tertiary/aromatic N) is 3. The molecule has 2 rings (SSSR count). The standard InChI is InChI=1S/C14H18N4O4/c1-22-11-4-2-10(3-5-11)8-12(16-14(20)21)13-9-15-17-18(13)6-7-19/h2-5,9,12,16,19H,6-8H2,1H3,(H,20,21)/t12-/m0/s1. The summed E-state index contributed by atoms with van der Waals surface area (Å²) in [6.45, 7) is 0.161.